The lowest BCUT2D eigenvalue weighted by atomic mass is 10.1. The number of carbonyl (C=O) groups excluding carboxylic acids is 1. The Kier molecular flexibility index (Phi) is 14.9. The quantitative estimate of drug-likeness (QED) is 0.560. The maximum Gasteiger partial charge on any atom is 0.351 e. The highest BCUT2D eigenvalue weighted by molar-refractivity contribution is 7.56. The summed E-state index contributed by atoms with van der Waals surface area (Å²) < 4.78 is 9.72. The molecule has 0 aromatic heterocycles. The fourth-order valence-electron chi connectivity index (χ4n) is 1.09. The molecule has 0 unspecified atom stereocenters. The van der Waals surface area contributed by atoms with Crippen LogP contribution in [0.1, 0.15) is 25.7 Å². The van der Waals surface area contributed by atoms with Crippen molar-refractivity contribution in [2.24, 2.45) is 0 Å². The Bertz CT molecular complexity index is 272. The molecule has 0 radical (unpaired) electrons. The van der Waals surface area contributed by atoms with Crippen molar-refractivity contribution in [1.29, 1.82) is 0 Å². The third-order valence-corrected chi connectivity index (χ3v) is 2.80. The van der Waals surface area contributed by atoms with Gasteiger partial charge in [-0.05, 0) is 48.9 Å². The highest BCUT2D eigenvalue weighted by atomic mass is 35.5. The molecular formula is C7H13Cl4O4P. The zero-order valence-electron chi connectivity index (χ0n) is 8.14. The Morgan fingerprint density at radius 3 is 1.88 bits per heavy atom. The highest BCUT2D eigenvalue weighted by Crippen LogP contribution is 2.48. The lowest BCUT2D eigenvalue weighted by molar-refractivity contribution is 0.275. The van der Waals surface area contributed by atoms with Gasteiger partial charge in [0.05, 0.1) is 0 Å². The van der Waals surface area contributed by atoms with E-state index >= 15 is 0 Å². The summed E-state index contributed by atoms with van der Waals surface area (Å²) in [6, 6.07) is 0. The van der Waals surface area contributed by atoms with E-state index in [2.05, 4.69) is 23.2 Å². The lowest BCUT2D eigenvalue weighted by Gasteiger charge is -2.12. The standard InChI is InChI=1S/C6H11O3P.CCl2O.2ClH/c7-10(8,9)6-4-2-1-3-5-6;2-1(3)4;;/h4H,1-3,5H2,(H2,7,8,9);;2*1H. The van der Waals surface area contributed by atoms with Crippen molar-refractivity contribution in [1.82, 2.24) is 0 Å². The molecule has 1 aliphatic carbocycles. The molecule has 9 heteroatoms. The van der Waals surface area contributed by atoms with Crippen LogP contribution in [0.2, 0.25) is 0 Å². The molecule has 0 aliphatic heterocycles. The van der Waals surface area contributed by atoms with Gasteiger partial charge in [-0.2, -0.15) is 0 Å². The molecule has 0 aromatic rings. The van der Waals surface area contributed by atoms with Crippen LogP contribution < -0.4 is 0 Å². The maximum atomic E-state index is 10.6. The Labute approximate surface area is 116 Å². The zero-order valence-corrected chi connectivity index (χ0v) is 12.2. The maximum absolute atomic E-state index is 10.6. The summed E-state index contributed by atoms with van der Waals surface area (Å²) in [7, 11) is -3.88. The average Bonchev–Trinajstić information content (AvgIpc) is 2.03. The van der Waals surface area contributed by atoms with Crippen LogP contribution in [0.3, 0.4) is 0 Å². The van der Waals surface area contributed by atoms with Crippen LogP contribution in [0.5, 0.6) is 0 Å². The Balaban J connectivity index is -0.000000249. The number of halogens is 4. The Hall–Kier alpha value is 0.720. The number of hydrogen-bond donors (Lipinski definition) is 2. The summed E-state index contributed by atoms with van der Waals surface area (Å²) in [4.78, 5) is 26.3. The molecule has 4 nitrogen and oxygen atoms in total. The van der Waals surface area contributed by atoms with Crippen LogP contribution in [0, 0.1) is 0 Å². The van der Waals surface area contributed by atoms with Gasteiger partial charge in [-0.15, -0.1) is 24.8 Å². The topological polar surface area (TPSA) is 74.6 Å². The van der Waals surface area contributed by atoms with Crippen LogP contribution in [0.15, 0.2) is 11.4 Å². The molecule has 1 rings (SSSR count). The van der Waals surface area contributed by atoms with Gasteiger partial charge >= 0.3 is 12.3 Å². The van der Waals surface area contributed by atoms with Gasteiger partial charge in [0, 0.05) is 5.31 Å². The van der Waals surface area contributed by atoms with E-state index in [1.54, 1.807) is 6.08 Å². The minimum atomic E-state index is -3.88. The predicted octanol–water partition coefficient (Wildman–Crippen LogP) is 4.05. The molecule has 1 aliphatic rings. The first-order valence-electron chi connectivity index (χ1n) is 3.94. The van der Waals surface area contributed by atoms with E-state index in [4.69, 9.17) is 14.6 Å². The van der Waals surface area contributed by atoms with Gasteiger partial charge in [-0.25, -0.2) is 0 Å². The van der Waals surface area contributed by atoms with Crippen LogP contribution in [0.25, 0.3) is 0 Å². The van der Waals surface area contributed by atoms with Crippen LogP contribution in [0.4, 0.5) is 4.79 Å². The van der Waals surface area contributed by atoms with Crippen molar-refractivity contribution in [2.45, 2.75) is 25.7 Å². The van der Waals surface area contributed by atoms with Gasteiger partial charge in [0.2, 0.25) is 0 Å². The molecule has 2 N–H and O–H groups in total. The molecule has 0 amide bonds. The molecule has 0 fully saturated rings. The lowest BCUT2D eigenvalue weighted by Crippen LogP contribution is -1.92. The third-order valence-electron chi connectivity index (χ3n) is 1.64. The Morgan fingerprint density at radius 2 is 1.69 bits per heavy atom. The molecule has 0 bridgehead atoms. The summed E-state index contributed by atoms with van der Waals surface area (Å²) in [5.41, 5.74) is 0. The van der Waals surface area contributed by atoms with Crippen molar-refractivity contribution >= 4 is 60.3 Å². The number of rotatable bonds is 1. The first-order valence-corrected chi connectivity index (χ1v) is 6.31. The zero-order chi connectivity index (χ0) is 11.2. The van der Waals surface area contributed by atoms with Crippen LogP contribution in [-0.4, -0.2) is 14.5 Å². The Morgan fingerprint density at radius 1 is 1.25 bits per heavy atom. The predicted molar refractivity (Wildman–Crippen MR) is 70.2 cm³/mol. The first kappa shape index (κ1) is 21.9. The minimum absolute atomic E-state index is 0. The summed E-state index contributed by atoms with van der Waals surface area (Å²) in [5, 5.41) is 0.332. The molecule has 0 heterocycles. The normalized spacial score (nSPS) is 14.4. The summed E-state index contributed by atoms with van der Waals surface area (Å²) in [5.74, 6) is 0. The average molecular weight is 334 g/mol. The fraction of sp³-hybridized carbons (Fsp3) is 0.571. The molecule has 98 valence electrons. The fourth-order valence-corrected chi connectivity index (χ4v) is 1.90. The van der Waals surface area contributed by atoms with Gasteiger partial charge in [0.25, 0.3) is 0 Å². The van der Waals surface area contributed by atoms with Crippen molar-refractivity contribution < 1.29 is 19.1 Å². The smallest absolute Gasteiger partial charge is 0.321 e. The van der Waals surface area contributed by atoms with Gasteiger partial charge in [0.1, 0.15) is 0 Å². The SMILES string of the molecule is Cl.Cl.O=C(Cl)Cl.O=P(O)(O)C1=CCCCC1. The molecule has 0 saturated carbocycles. The van der Waals surface area contributed by atoms with Gasteiger partial charge in [-0.1, -0.05) is 6.08 Å². The van der Waals surface area contributed by atoms with E-state index in [1.807, 2.05) is 0 Å². The van der Waals surface area contributed by atoms with Crippen molar-refractivity contribution in [3.63, 3.8) is 0 Å². The van der Waals surface area contributed by atoms with Crippen LogP contribution in [-0.2, 0) is 4.57 Å². The monoisotopic (exact) mass is 332 g/mol. The second kappa shape index (κ2) is 10.8. The number of carbonyl (C=O) groups is 1. The molecule has 0 spiro atoms. The van der Waals surface area contributed by atoms with E-state index < -0.39 is 12.3 Å². The second-order valence-electron chi connectivity index (χ2n) is 2.71. The largest absolute Gasteiger partial charge is 0.351 e. The molecule has 0 atom stereocenters. The first-order chi connectivity index (χ1) is 6.34. The summed E-state index contributed by atoms with van der Waals surface area (Å²) in [6.45, 7) is 0. The van der Waals surface area contributed by atoms with Gasteiger partial charge in [-0.3, -0.25) is 9.36 Å². The van der Waals surface area contributed by atoms with Crippen molar-refractivity contribution in [3.8, 4) is 0 Å². The summed E-state index contributed by atoms with van der Waals surface area (Å²) in [6.07, 6.45) is 5.04. The number of allylic oxidation sites excluding steroid dienone is 2. The third kappa shape index (κ3) is 12.8. The molecule has 0 aromatic carbocycles. The minimum Gasteiger partial charge on any atom is -0.321 e. The van der Waals surface area contributed by atoms with Crippen molar-refractivity contribution in [3.05, 3.63) is 11.4 Å². The summed E-state index contributed by atoms with van der Waals surface area (Å²) >= 11 is 8.80. The highest BCUT2D eigenvalue weighted by Gasteiger charge is 2.21. The van der Waals surface area contributed by atoms with E-state index in [9.17, 15) is 4.57 Å². The van der Waals surface area contributed by atoms with E-state index in [-0.39, 0.29) is 24.8 Å². The second-order valence-corrected chi connectivity index (χ2v) is 5.25. The molecule has 0 saturated heterocycles. The van der Waals surface area contributed by atoms with E-state index in [0.29, 0.717) is 11.7 Å². The molecular weight excluding hydrogens is 321 g/mol. The van der Waals surface area contributed by atoms with Gasteiger partial charge in [0.15, 0.2) is 0 Å². The van der Waals surface area contributed by atoms with Crippen molar-refractivity contribution in [2.75, 3.05) is 0 Å². The van der Waals surface area contributed by atoms with Crippen LogP contribution >= 0.6 is 55.6 Å². The number of hydrogen-bond acceptors (Lipinski definition) is 2. The van der Waals surface area contributed by atoms with Gasteiger partial charge < -0.3 is 9.79 Å². The molecule has 16 heavy (non-hydrogen) atoms. The van der Waals surface area contributed by atoms with E-state index in [1.165, 1.54) is 0 Å². The van der Waals surface area contributed by atoms with E-state index in [0.717, 1.165) is 19.3 Å².